The van der Waals surface area contributed by atoms with Crippen molar-refractivity contribution in [1.82, 2.24) is 20.2 Å². The molecule has 1 fully saturated rings. The fraction of sp³-hybridized carbons (Fsp3) is 0.167. The zero-order chi connectivity index (χ0) is 23.5. The minimum Gasteiger partial charge on any atom is -0.378 e. The average molecular weight is 476 g/mol. The van der Waals surface area contributed by atoms with E-state index in [-0.39, 0.29) is 5.91 Å². The van der Waals surface area contributed by atoms with Crippen LogP contribution >= 0.6 is 11.6 Å². The molecule has 5 rings (SSSR count). The molecule has 0 unspecified atom stereocenters. The highest BCUT2D eigenvalue weighted by Gasteiger charge is 2.15. The average Bonchev–Trinajstić information content (AvgIpc) is 3.32. The Labute approximate surface area is 200 Å². The van der Waals surface area contributed by atoms with Gasteiger partial charge in [0.25, 0.3) is 0 Å². The van der Waals surface area contributed by atoms with E-state index in [1.807, 2.05) is 12.1 Å². The van der Waals surface area contributed by atoms with E-state index in [1.54, 1.807) is 24.4 Å². The maximum Gasteiger partial charge on any atom is 0.247 e. The molecule has 10 heteroatoms. The zero-order valence-electron chi connectivity index (χ0n) is 18.2. The number of H-pyrrole nitrogens is 1. The van der Waals surface area contributed by atoms with Gasteiger partial charge in [0.15, 0.2) is 5.65 Å². The predicted octanol–water partition coefficient (Wildman–Crippen LogP) is 4.38. The van der Waals surface area contributed by atoms with E-state index in [0.717, 1.165) is 43.1 Å². The van der Waals surface area contributed by atoms with Crippen LogP contribution in [0, 0.1) is 0 Å². The van der Waals surface area contributed by atoms with Crippen molar-refractivity contribution in [3.63, 3.8) is 0 Å². The van der Waals surface area contributed by atoms with Gasteiger partial charge in [-0.3, -0.25) is 9.89 Å². The van der Waals surface area contributed by atoms with Gasteiger partial charge in [0.05, 0.1) is 30.5 Å². The molecule has 1 amide bonds. The maximum atomic E-state index is 11.8. The summed E-state index contributed by atoms with van der Waals surface area (Å²) in [5, 5.41) is 14.3. The van der Waals surface area contributed by atoms with Gasteiger partial charge in [-0.05, 0) is 42.5 Å². The Morgan fingerprint density at radius 2 is 2.00 bits per heavy atom. The predicted molar refractivity (Wildman–Crippen MR) is 134 cm³/mol. The largest absolute Gasteiger partial charge is 0.378 e. The van der Waals surface area contributed by atoms with Crippen molar-refractivity contribution in [1.29, 1.82) is 0 Å². The molecule has 1 saturated heterocycles. The van der Waals surface area contributed by atoms with Crippen LogP contribution in [0.2, 0.25) is 5.02 Å². The quantitative estimate of drug-likeness (QED) is 0.355. The monoisotopic (exact) mass is 475 g/mol. The number of nitrogens with one attached hydrogen (secondary N) is 3. The fourth-order valence-corrected chi connectivity index (χ4v) is 4.07. The Morgan fingerprint density at radius 1 is 1.15 bits per heavy atom. The summed E-state index contributed by atoms with van der Waals surface area (Å²) in [6.07, 6.45) is 2.86. The van der Waals surface area contributed by atoms with Gasteiger partial charge >= 0.3 is 0 Å². The SMILES string of the molecule is C=CC(=O)Nc1cc(Cl)cc(-c2nc(Nc3cccc(N4CCOCC4)c3)nc3[nH]ncc23)c1. The maximum absolute atomic E-state index is 11.8. The van der Waals surface area contributed by atoms with E-state index >= 15 is 0 Å². The van der Waals surface area contributed by atoms with Gasteiger partial charge in [0.1, 0.15) is 0 Å². The highest BCUT2D eigenvalue weighted by molar-refractivity contribution is 6.31. The molecule has 0 aliphatic carbocycles. The molecule has 0 saturated carbocycles. The Bertz CT molecular complexity index is 1360. The number of nitrogens with zero attached hydrogens (tertiary/aromatic N) is 4. The van der Waals surface area contributed by atoms with E-state index in [9.17, 15) is 4.79 Å². The third-order valence-corrected chi connectivity index (χ3v) is 5.63. The Morgan fingerprint density at radius 3 is 2.82 bits per heavy atom. The first-order chi connectivity index (χ1) is 16.6. The van der Waals surface area contributed by atoms with Crippen LogP contribution in [0.15, 0.2) is 61.3 Å². The fourth-order valence-electron chi connectivity index (χ4n) is 3.83. The van der Waals surface area contributed by atoms with Crippen molar-refractivity contribution < 1.29 is 9.53 Å². The first-order valence-electron chi connectivity index (χ1n) is 10.7. The summed E-state index contributed by atoms with van der Waals surface area (Å²) in [6.45, 7) is 6.62. The van der Waals surface area contributed by atoms with Crippen LogP contribution in [0.25, 0.3) is 22.3 Å². The molecule has 0 atom stereocenters. The van der Waals surface area contributed by atoms with Gasteiger partial charge < -0.3 is 20.3 Å². The highest BCUT2D eigenvalue weighted by Crippen LogP contribution is 2.32. The molecule has 0 spiro atoms. The number of fused-ring (bicyclic) bond motifs is 1. The number of halogens is 1. The summed E-state index contributed by atoms with van der Waals surface area (Å²) < 4.78 is 5.46. The molecule has 172 valence electrons. The van der Waals surface area contributed by atoms with Crippen LogP contribution < -0.4 is 15.5 Å². The molecule has 0 radical (unpaired) electrons. The molecule has 1 aliphatic rings. The van der Waals surface area contributed by atoms with Crippen LogP contribution in [-0.2, 0) is 9.53 Å². The summed E-state index contributed by atoms with van der Waals surface area (Å²) in [5.41, 5.74) is 4.42. The van der Waals surface area contributed by atoms with E-state index in [0.29, 0.717) is 33.6 Å². The first kappa shape index (κ1) is 21.9. The van der Waals surface area contributed by atoms with Gasteiger partial charge in [-0.2, -0.15) is 10.1 Å². The van der Waals surface area contributed by atoms with E-state index in [2.05, 4.69) is 49.4 Å². The Balaban J connectivity index is 1.50. The van der Waals surface area contributed by atoms with E-state index in [1.165, 1.54) is 6.08 Å². The van der Waals surface area contributed by atoms with Crippen LogP contribution in [-0.4, -0.2) is 52.4 Å². The van der Waals surface area contributed by atoms with E-state index < -0.39 is 0 Å². The lowest BCUT2D eigenvalue weighted by atomic mass is 10.1. The second-order valence-electron chi connectivity index (χ2n) is 7.72. The van der Waals surface area contributed by atoms with Crippen molar-refractivity contribution >= 4 is 51.6 Å². The number of carbonyl (C=O) groups is 1. The summed E-state index contributed by atoms with van der Waals surface area (Å²) in [4.78, 5) is 23.4. The second-order valence-corrected chi connectivity index (χ2v) is 8.16. The third-order valence-electron chi connectivity index (χ3n) is 5.41. The molecular weight excluding hydrogens is 454 g/mol. The lowest BCUT2D eigenvalue weighted by Gasteiger charge is -2.29. The van der Waals surface area contributed by atoms with Crippen LogP contribution in [0.5, 0.6) is 0 Å². The minimum absolute atomic E-state index is 0.327. The molecular formula is C24H22ClN7O2. The molecule has 2 aromatic heterocycles. The summed E-state index contributed by atoms with van der Waals surface area (Å²) >= 11 is 6.34. The molecule has 2 aromatic carbocycles. The molecule has 4 aromatic rings. The highest BCUT2D eigenvalue weighted by atomic mass is 35.5. The van der Waals surface area contributed by atoms with Crippen molar-refractivity contribution in [2.75, 3.05) is 41.8 Å². The lowest BCUT2D eigenvalue weighted by molar-refractivity contribution is -0.111. The number of aromatic amines is 1. The number of amides is 1. The number of carbonyl (C=O) groups excluding carboxylic acids is 1. The van der Waals surface area contributed by atoms with Crippen molar-refractivity contribution in [3.8, 4) is 11.3 Å². The number of hydrogen-bond acceptors (Lipinski definition) is 7. The molecule has 34 heavy (non-hydrogen) atoms. The standard InChI is InChI=1S/C24H22ClN7O2/c1-2-21(33)27-18-11-15(10-16(25)12-18)22-20-14-26-31-23(20)30-24(29-22)28-17-4-3-5-19(13-17)32-6-8-34-9-7-32/h2-5,10-14H,1,6-9H2,(H,27,33)(H2,26,28,29,30,31). The second kappa shape index (κ2) is 9.50. The van der Waals surface area contributed by atoms with Gasteiger partial charge in [-0.15, -0.1) is 0 Å². The van der Waals surface area contributed by atoms with Gasteiger partial charge in [-0.25, -0.2) is 4.98 Å². The normalized spacial score (nSPS) is 13.6. The van der Waals surface area contributed by atoms with Crippen molar-refractivity contribution in [2.45, 2.75) is 0 Å². The third kappa shape index (κ3) is 4.70. The Hall–Kier alpha value is -3.95. The van der Waals surface area contributed by atoms with Gasteiger partial charge in [0.2, 0.25) is 11.9 Å². The van der Waals surface area contributed by atoms with Gasteiger partial charge in [0, 0.05) is 40.7 Å². The number of rotatable bonds is 6. The summed E-state index contributed by atoms with van der Waals surface area (Å²) in [6, 6.07) is 13.3. The molecule has 3 heterocycles. The molecule has 1 aliphatic heterocycles. The first-order valence-corrected chi connectivity index (χ1v) is 11.1. The van der Waals surface area contributed by atoms with Crippen LogP contribution in [0.4, 0.5) is 23.0 Å². The lowest BCUT2D eigenvalue weighted by Crippen LogP contribution is -2.36. The molecule has 0 bridgehead atoms. The van der Waals surface area contributed by atoms with Crippen LogP contribution in [0.3, 0.4) is 0 Å². The van der Waals surface area contributed by atoms with Crippen molar-refractivity contribution in [2.24, 2.45) is 0 Å². The van der Waals surface area contributed by atoms with Crippen LogP contribution in [0.1, 0.15) is 0 Å². The molecule has 9 nitrogen and oxygen atoms in total. The number of benzene rings is 2. The summed E-state index contributed by atoms with van der Waals surface area (Å²) in [7, 11) is 0. The number of hydrogen-bond donors (Lipinski definition) is 3. The Kier molecular flexibility index (Phi) is 6.11. The number of ether oxygens (including phenoxy) is 1. The smallest absolute Gasteiger partial charge is 0.247 e. The number of aromatic nitrogens is 4. The summed E-state index contributed by atoms with van der Waals surface area (Å²) in [5.74, 6) is 0.0781. The minimum atomic E-state index is -0.327. The number of anilines is 4. The topological polar surface area (TPSA) is 108 Å². The number of morpholine rings is 1. The molecule has 3 N–H and O–H groups in total. The van der Waals surface area contributed by atoms with Crippen molar-refractivity contribution in [3.05, 3.63) is 66.3 Å². The van der Waals surface area contributed by atoms with Gasteiger partial charge in [-0.1, -0.05) is 24.2 Å². The zero-order valence-corrected chi connectivity index (χ0v) is 19.0. The van der Waals surface area contributed by atoms with E-state index in [4.69, 9.17) is 21.3 Å².